The first-order valence-corrected chi connectivity index (χ1v) is 17.3. The van der Waals surface area contributed by atoms with Crippen LogP contribution in [0.3, 0.4) is 0 Å². The van der Waals surface area contributed by atoms with Crippen molar-refractivity contribution >= 4 is 31.5 Å². The maximum absolute atomic E-state index is 14.1. The van der Waals surface area contributed by atoms with Crippen LogP contribution in [-0.4, -0.2) is 130 Å². The highest BCUT2D eigenvalue weighted by Crippen LogP contribution is 2.31. The van der Waals surface area contributed by atoms with Gasteiger partial charge in [0.05, 0.1) is 50.5 Å². The molecule has 12 heteroatoms. The van der Waals surface area contributed by atoms with E-state index in [0.717, 1.165) is 32.1 Å². The van der Waals surface area contributed by atoms with Crippen molar-refractivity contribution in [3.05, 3.63) is 0 Å². The highest BCUT2D eigenvalue weighted by Gasteiger charge is 2.44. The molecule has 11 nitrogen and oxygen atoms in total. The zero-order chi connectivity index (χ0) is 34.9. The third-order valence-electron chi connectivity index (χ3n) is 10.3. The van der Waals surface area contributed by atoms with Crippen LogP contribution >= 0.6 is 0 Å². The number of nitrogens with zero attached hydrogens (tertiary/aromatic N) is 3. The van der Waals surface area contributed by atoms with Crippen LogP contribution < -0.4 is 10.6 Å². The number of carbonyl (C=O) groups is 4. The van der Waals surface area contributed by atoms with Crippen molar-refractivity contribution in [1.29, 1.82) is 0 Å². The summed E-state index contributed by atoms with van der Waals surface area (Å²) in [5.41, 5.74) is 0. The molecule has 0 saturated carbocycles. The highest BCUT2D eigenvalue weighted by molar-refractivity contribution is 6.13. The second-order valence-corrected chi connectivity index (χ2v) is 14.1. The standard InChI is InChI=1S/C34H62BN5O6/c1-12-22(6)30(38(9)34(44)29(21(4)5)37-32(42)28(36-8)20(2)3)25(45-10)19-27(41)39-17-13-15-24(39)31(46-11)23(7)33(43)40-18-14-16-26(40)35/h20-26,28-31,36H,12-19H2,1-11H3,(H,37,42)/t22-,23+,24-,25+,26-,28-,29-,30-,31+/m0/s1. The lowest BCUT2D eigenvalue weighted by Crippen LogP contribution is -2.59. The Balaban J connectivity index is 2.27. The predicted molar refractivity (Wildman–Crippen MR) is 181 cm³/mol. The average Bonchev–Trinajstić information content (AvgIpc) is 3.68. The van der Waals surface area contributed by atoms with Crippen molar-refractivity contribution in [1.82, 2.24) is 25.3 Å². The molecule has 262 valence electrons. The van der Waals surface area contributed by atoms with Gasteiger partial charge in [-0.05, 0) is 56.4 Å². The number of methoxy groups -OCH3 is 2. The summed E-state index contributed by atoms with van der Waals surface area (Å²) in [6.45, 7) is 14.9. The summed E-state index contributed by atoms with van der Waals surface area (Å²) >= 11 is 0. The van der Waals surface area contributed by atoms with Gasteiger partial charge in [0.2, 0.25) is 23.6 Å². The minimum absolute atomic E-state index is 0.0133. The Bertz CT molecular complexity index is 1010. The summed E-state index contributed by atoms with van der Waals surface area (Å²) in [4.78, 5) is 59.8. The second-order valence-electron chi connectivity index (χ2n) is 14.1. The Morgan fingerprint density at radius 2 is 1.50 bits per heavy atom. The fraction of sp³-hybridized carbons (Fsp3) is 0.882. The maximum atomic E-state index is 14.1. The number of carbonyl (C=O) groups excluding carboxylic acids is 4. The van der Waals surface area contributed by atoms with Crippen LogP contribution in [0.2, 0.25) is 0 Å². The molecular weight excluding hydrogens is 585 g/mol. The molecule has 0 bridgehead atoms. The van der Waals surface area contributed by atoms with E-state index in [9.17, 15) is 19.2 Å². The Labute approximate surface area is 279 Å². The van der Waals surface area contributed by atoms with E-state index in [-0.39, 0.29) is 59.8 Å². The van der Waals surface area contributed by atoms with Gasteiger partial charge in [-0.2, -0.15) is 0 Å². The first kappa shape index (κ1) is 40.0. The molecule has 2 heterocycles. The molecule has 46 heavy (non-hydrogen) atoms. The average molecular weight is 648 g/mol. The van der Waals surface area contributed by atoms with Crippen molar-refractivity contribution in [3.63, 3.8) is 0 Å². The summed E-state index contributed by atoms with van der Waals surface area (Å²) in [5.74, 6) is -1.39. The molecule has 2 radical (unpaired) electrons. The molecule has 2 aliphatic heterocycles. The number of likely N-dealkylation sites (tertiary alicyclic amines) is 2. The summed E-state index contributed by atoms with van der Waals surface area (Å²) in [6.07, 6.45) is 3.01. The fourth-order valence-electron chi connectivity index (χ4n) is 7.37. The number of rotatable bonds is 17. The molecule has 2 N–H and O–H groups in total. The van der Waals surface area contributed by atoms with E-state index >= 15 is 0 Å². The predicted octanol–water partition coefficient (Wildman–Crippen LogP) is 2.41. The number of nitrogens with one attached hydrogen (secondary N) is 2. The van der Waals surface area contributed by atoms with E-state index in [1.165, 1.54) is 0 Å². The lowest BCUT2D eigenvalue weighted by atomic mass is 9.89. The van der Waals surface area contributed by atoms with Crippen LogP contribution in [0.5, 0.6) is 0 Å². The fourth-order valence-corrected chi connectivity index (χ4v) is 7.37. The number of hydrogen-bond donors (Lipinski definition) is 2. The number of hydrogen-bond acceptors (Lipinski definition) is 7. The molecule has 0 unspecified atom stereocenters. The molecule has 2 saturated heterocycles. The van der Waals surface area contributed by atoms with Crippen LogP contribution in [0.1, 0.15) is 87.0 Å². The molecule has 2 fully saturated rings. The van der Waals surface area contributed by atoms with E-state index in [1.54, 1.807) is 38.1 Å². The smallest absolute Gasteiger partial charge is 0.245 e. The van der Waals surface area contributed by atoms with Crippen molar-refractivity contribution in [3.8, 4) is 0 Å². The SMILES string of the molecule is [B][C@@H]1CCCN1C(=O)[C@H](C)[C@@H](OC)[C@@H]1CCCN1C(=O)C[C@@H](OC)[C@H]([C@@H](C)CC)N(C)C(=O)[C@@H](NC(=O)[C@@H](NC)C(C)C)C(C)C. The quantitative estimate of drug-likeness (QED) is 0.233. The van der Waals surface area contributed by atoms with E-state index in [1.807, 2.05) is 39.5 Å². The Morgan fingerprint density at radius 3 is 1.98 bits per heavy atom. The molecule has 4 amide bonds. The van der Waals surface area contributed by atoms with E-state index in [0.29, 0.717) is 13.1 Å². The van der Waals surface area contributed by atoms with Gasteiger partial charge in [-0.3, -0.25) is 19.2 Å². The normalized spacial score (nSPS) is 23.2. The van der Waals surface area contributed by atoms with Crippen molar-refractivity contribution in [2.75, 3.05) is 41.4 Å². The van der Waals surface area contributed by atoms with Crippen LogP contribution in [0.4, 0.5) is 0 Å². The van der Waals surface area contributed by atoms with Gasteiger partial charge in [0, 0.05) is 34.4 Å². The molecule has 0 aromatic heterocycles. The van der Waals surface area contributed by atoms with Crippen molar-refractivity contribution in [2.24, 2.45) is 23.7 Å². The van der Waals surface area contributed by atoms with E-state index in [2.05, 4.69) is 24.5 Å². The van der Waals surface area contributed by atoms with Gasteiger partial charge in [0.15, 0.2) is 0 Å². The summed E-state index contributed by atoms with van der Waals surface area (Å²) in [5, 5.41) is 6.04. The number of amides is 4. The Kier molecular flexibility index (Phi) is 16.0. The van der Waals surface area contributed by atoms with Gasteiger partial charge in [-0.15, -0.1) is 0 Å². The second kappa shape index (κ2) is 18.4. The van der Waals surface area contributed by atoms with Gasteiger partial charge in [0.1, 0.15) is 6.04 Å². The molecule has 0 spiro atoms. The van der Waals surface area contributed by atoms with Crippen LogP contribution in [0.25, 0.3) is 0 Å². The third kappa shape index (κ3) is 9.46. The highest BCUT2D eigenvalue weighted by atomic mass is 16.5. The molecular formula is C34H62BN5O6. The summed E-state index contributed by atoms with van der Waals surface area (Å²) in [6, 6.07) is -1.83. The Morgan fingerprint density at radius 1 is 0.913 bits per heavy atom. The summed E-state index contributed by atoms with van der Waals surface area (Å²) < 4.78 is 11.9. The largest absolute Gasteiger partial charge is 0.379 e. The van der Waals surface area contributed by atoms with Crippen LogP contribution in [-0.2, 0) is 28.7 Å². The van der Waals surface area contributed by atoms with Gasteiger partial charge in [-0.1, -0.05) is 54.9 Å². The summed E-state index contributed by atoms with van der Waals surface area (Å²) in [7, 11) is 12.8. The molecule has 9 atom stereocenters. The van der Waals surface area contributed by atoms with Gasteiger partial charge >= 0.3 is 0 Å². The lowest BCUT2D eigenvalue weighted by molar-refractivity contribution is -0.149. The van der Waals surface area contributed by atoms with Gasteiger partial charge in [0.25, 0.3) is 0 Å². The van der Waals surface area contributed by atoms with Crippen molar-refractivity contribution in [2.45, 2.75) is 129 Å². The molecule has 2 aliphatic rings. The van der Waals surface area contributed by atoms with Crippen LogP contribution in [0.15, 0.2) is 0 Å². The first-order chi connectivity index (χ1) is 21.7. The lowest BCUT2D eigenvalue weighted by Gasteiger charge is -2.41. The van der Waals surface area contributed by atoms with E-state index in [4.69, 9.17) is 17.3 Å². The molecule has 2 rings (SSSR count). The molecule has 0 aromatic carbocycles. The first-order valence-electron chi connectivity index (χ1n) is 17.3. The number of ether oxygens (including phenoxy) is 2. The van der Waals surface area contributed by atoms with E-state index < -0.39 is 36.3 Å². The third-order valence-corrected chi connectivity index (χ3v) is 10.3. The number of likely N-dealkylation sites (N-methyl/N-ethyl adjacent to an activating group) is 2. The minimum Gasteiger partial charge on any atom is -0.379 e. The van der Waals surface area contributed by atoms with Gasteiger partial charge in [-0.25, -0.2) is 0 Å². The molecule has 0 aliphatic carbocycles. The van der Waals surface area contributed by atoms with Crippen LogP contribution in [0, 0.1) is 23.7 Å². The maximum Gasteiger partial charge on any atom is 0.245 e. The Hall–Kier alpha value is -2.18. The zero-order valence-corrected chi connectivity index (χ0v) is 30.4. The topological polar surface area (TPSA) is 121 Å². The monoisotopic (exact) mass is 647 g/mol. The zero-order valence-electron chi connectivity index (χ0n) is 30.4. The van der Waals surface area contributed by atoms with Crippen molar-refractivity contribution < 1.29 is 28.7 Å². The van der Waals surface area contributed by atoms with Gasteiger partial charge < -0.3 is 34.8 Å². The molecule has 0 aromatic rings. The minimum atomic E-state index is -0.736.